The summed E-state index contributed by atoms with van der Waals surface area (Å²) in [4.78, 5) is 37.6. The van der Waals surface area contributed by atoms with E-state index in [4.69, 9.17) is 11.6 Å². The largest absolute Gasteiger partial charge is 0.478 e. The van der Waals surface area contributed by atoms with Crippen molar-refractivity contribution in [3.63, 3.8) is 0 Å². The van der Waals surface area contributed by atoms with Crippen LogP contribution in [0.1, 0.15) is 39.6 Å². The van der Waals surface area contributed by atoms with Crippen LogP contribution < -0.4 is 10.6 Å². The molecule has 0 aliphatic carbocycles. The second-order valence-corrected chi connectivity index (χ2v) is 8.98. The Bertz CT molecular complexity index is 1200. The number of hydrogen-bond donors (Lipinski definition) is 3. The number of halogens is 1. The van der Waals surface area contributed by atoms with Gasteiger partial charge in [0, 0.05) is 21.3 Å². The van der Waals surface area contributed by atoms with E-state index in [2.05, 4.69) is 10.6 Å². The van der Waals surface area contributed by atoms with Gasteiger partial charge in [-0.2, -0.15) is 0 Å². The Morgan fingerprint density at radius 2 is 1.64 bits per heavy atom. The maximum Gasteiger partial charge on any atom is 0.336 e. The van der Waals surface area contributed by atoms with Crippen LogP contribution in [-0.2, 0) is 4.79 Å². The van der Waals surface area contributed by atoms with E-state index in [9.17, 15) is 19.5 Å². The second-order valence-electron chi connectivity index (χ2n) is 7.30. The van der Waals surface area contributed by atoms with Crippen molar-refractivity contribution in [2.45, 2.75) is 30.4 Å². The molecule has 33 heavy (non-hydrogen) atoms. The summed E-state index contributed by atoms with van der Waals surface area (Å²) in [5.41, 5.74) is 2.07. The Balaban J connectivity index is 1.70. The molecule has 170 valence electrons. The van der Waals surface area contributed by atoms with Crippen LogP contribution in [0.3, 0.4) is 0 Å². The number of amides is 2. The highest BCUT2D eigenvalue weighted by atomic mass is 35.5. The maximum absolute atomic E-state index is 12.8. The molecule has 0 radical (unpaired) electrons. The molecule has 2 amide bonds. The van der Waals surface area contributed by atoms with Gasteiger partial charge in [0.2, 0.25) is 5.91 Å². The van der Waals surface area contributed by atoms with Gasteiger partial charge in [0.15, 0.2) is 0 Å². The predicted octanol–water partition coefficient (Wildman–Crippen LogP) is 6.11. The van der Waals surface area contributed by atoms with E-state index in [-0.39, 0.29) is 22.3 Å². The third-order valence-electron chi connectivity index (χ3n) is 4.87. The molecule has 0 bridgehead atoms. The molecular formula is C25H23ClN2O4S. The number of carbonyl (C=O) groups is 3. The normalized spacial score (nSPS) is 11.5. The average molecular weight is 483 g/mol. The second kappa shape index (κ2) is 11.0. The lowest BCUT2D eigenvalue weighted by Gasteiger charge is -2.16. The molecule has 3 aromatic carbocycles. The Kier molecular flexibility index (Phi) is 8.14. The van der Waals surface area contributed by atoms with Crippen LogP contribution in [0.15, 0.2) is 71.6 Å². The first-order valence-electron chi connectivity index (χ1n) is 10.3. The summed E-state index contributed by atoms with van der Waals surface area (Å²) in [5, 5.41) is 15.2. The lowest BCUT2D eigenvalue weighted by atomic mass is 10.1. The molecule has 0 aliphatic heterocycles. The van der Waals surface area contributed by atoms with E-state index in [1.807, 2.05) is 32.0 Å². The van der Waals surface area contributed by atoms with E-state index < -0.39 is 11.9 Å². The number of rotatable bonds is 8. The van der Waals surface area contributed by atoms with E-state index >= 15 is 0 Å². The molecule has 1 atom stereocenters. The zero-order valence-electron chi connectivity index (χ0n) is 18.1. The Labute approximate surface area is 201 Å². The van der Waals surface area contributed by atoms with Crippen molar-refractivity contribution in [3.05, 3.63) is 88.4 Å². The van der Waals surface area contributed by atoms with Crippen LogP contribution in [0, 0.1) is 6.92 Å². The van der Waals surface area contributed by atoms with Crippen LogP contribution in [0.5, 0.6) is 0 Å². The van der Waals surface area contributed by atoms with Crippen LogP contribution >= 0.6 is 23.4 Å². The molecule has 1 unspecified atom stereocenters. The number of anilines is 2. The minimum Gasteiger partial charge on any atom is -0.478 e. The van der Waals surface area contributed by atoms with Gasteiger partial charge in [0.1, 0.15) is 0 Å². The summed E-state index contributed by atoms with van der Waals surface area (Å²) < 4.78 is 0. The van der Waals surface area contributed by atoms with E-state index in [1.54, 1.807) is 36.4 Å². The van der Waals surface area contributed by atoms with Crippen LogP contribution in [0.2, 0.25) is 5.02 Å². The summed E-state index contributed by atoms with van der Waals surface area (Å²) in [6.45, 7) is 3.82. The summed E-state index contributed by atoms with van der Waals surface area (Å²) in [6.07, 6.45) is 0.596. The summed E-state index contributed by atoms with van der Waals surface area (Å²) >= 11 is 7.53. The van der Waals surface area contributed by atoms with Gasteiger partial charge < -0.3 is 15.7 Å². The van der Waals surface area contributed by atoms with Gasteiger partial charge in [-0.25, -0.2) is 4.79 Å². The van der Waals surface area contributed by atoms with Gasteiger partial charge in [-0.3, -0.25) is 9.59 Å². The van der Waals surface area contributed by atoms with Crippen molar-refractivity contribution in [3.8, 4) is 0 Å². The topological polar surface area (TPSA) is 95.5 Å². The standard InChI is InChI=1S/C25H23ClN2O4S/c1-3-22(24(30)28-17-12-11-15(2)21(26)14-17)33-18-8-6-7-16(13-18)27-23(29)19-9-4-5-10-20(19)25(31)32/h4-14,22H,3H2,1-2H3,(H,27,29)(H,28,30)(H,31,32). The van der Waals surface area contributed by atoms with Crippen molar-refractivity contribution in [1.29, 1.82) is 0 Å². The predicted molar refractivity (Wildman–Crippen MR) is 133 cm³/mol. The molecule has 3 rings (SSSR count). The van der Waals surface area contributed by atoms with Gasteiger partial charge in [0.05, 0.1) is 16.4 Å². The Morgan fingerprint density at radius 3 is 2.30 bits per heavy atom. The van der Waals surface area contributed by atoms with Crippen molar-refractivity contribution >= 4 is 52.5 Å². The summed E-state index contributed by atoms with van der Waals surface area (Å²) in [7, 11) is 0. The quantitative estimate of drug-likeness (QED) is 0.337. The zero-order valence-corrected chi connectivity index (χ0v) is 19.7. The third-order valence-corrected chi connectivity index (χ3v) is 6.64. The number of nitrogens with one attached hydrogen (secondary N) is 2. The molecule has 6 nitrogen and oxygen atoms in total. The fraction of sp³-hybridized carbons (Fsp3) is 0.160. The van der Waals surface area contributed by atoms with Crippen LogP contribution in [0.4, 0.5) is 11.4 Å². The van der Waals surface area contributed by atoms with Crippen molar-refractivity contribution < 1.29 is 19.5 Å². The summed E-state index contributed by atoms with van der Waals surface area (Å²) in [6, 6.07) is 18.5. The number of benzene rings is 3. The van der Waals surface area contributed by atoms with Gasteiger partial charge in [-0.1, -0.05) is 42.8 Å². The number of carbonyl (C=O) groups excluding carboxylic acids is 2. The number of carboxylic acids is 1. The number of aromatic carboxylic acids is 1. The van der Waals surface area contributed by atoms with E-state index in [1.165, 1.54) is 23.9 Å². The molecule has 0 aliphatic rings. The molecule has 0 heterocycles. The first-order valence-corrected chi connectivity index (χ1v) is 11.5. The maximum atomic E-state index is 12.8. The minimum absolute atomic E-state index is 0.0699. The molecule has 0 aromatic heterocycles. The average Bonchev–Trinajstić information content (AvgIpc) is 2.80. The number of aryl methyl sites for hydroxylation is 1. The monoisotopic (exact) mass is 482 g/mol. The van der Waals surface area contributed by atoms with Gasteiger partial charge in [-0.05, 0) is 61.4 Å². The summed E-state index contributed by atoms with van der Waals surface area (Å²) in [5.74, 6) is -1.83. The highest BCUT2D eigenvalue weighted by molar-refractivity contribution is 8.00. The lowest BCUT2D eigenvalue weighted by Crippen LogP contribution is -2.24. The number of thioether (sulfide) groups is 1. The fourth-order valence-electron chi connectivity index (χ4n) is 3.09. The Hall–Kier alpha value is -3.29. The SMILES string of the molecule is CCC(Sc1cccc(NC(=O)c2ccccc2C(=O)O)c1)C(=O)Nc1ccc(C)c(Cl)c1. The van der Waals surface area contributed by atoms with Crippen molar-refractivity contribution in [1.82, 2.24) is 0 Å². The molecule has 3 aromatic rings. The third kappa shape index (κ3) is 6.37. The number of carboxylic acid groups (broad SMARTS) is 1. The molecule has 3 N–H and O–H groups in total. The lowest BCUT2D eigenvalue weighted by molar-refractivity contribution is -0.115. The first kappa shape index (κ1) is 24.4. The number of hydrogen-bond acceptors (Lipinski definition) is 4. The highest BCUT2D eigenvalue weighted by Crippen LogP contribution is 2.29. The van der Waals surface area contributed by atoms with Crippen molar-refractivity contribution in [2.24, 2.45) is 0 Å². The van der Waals surface area contributed by atoms with Gasteiger partial charge >= 0.3 is 5.97 Å². The molecular weight excluding hydrogens is 460 g/mol. The van der Waals surface area contributed by atoms with E-state index in [0.717, 1.165) is 10.5 Å². The first-order chi connectivity index (χ1) is 15.8. The van der Waals surface area contributed by atoms with E-state index in [0.29, 0.717) is 22.8 Å². The highest BCUT2D eigenvalue weighted by Gasteiger charge is 2.19. The smallest absolute Gasteiger partial charge is 0.336 e. The zero-order chi connectivity index (χ0) is 24.0. The molecule has 0 fully saturated rings. The molecule has 0 saturated carbocycles. The molecule has 0 spiro atoms. The minimum atomic E-state index is -1.17. The van der Waals surface area contributed by atoms with Crippen molar-refractivity contribution in [2.75, 3.05) is 10.6 Å². The molecule has 8 heteroatoms. The van der Waals surface area contributed by atoms with Crippen LogP contribution in [0.25, 0.3) is 0 Å². The van der Waals surface area contributed by atoms with Gasteiger partial charge in [0.25, 0.3) is 5.91 Å². The Morgan fingerprint density at radius 1 is 0.939 bits per heavy atom. The molecule has 0 saturated heterocycles. The fourth-order valence-corrected chi connectivity index (χ4v) is 4.29. The van der Waals surface area contributed by atoms with Crippen LogP contribution in [-0.4, -0.2) is 28.1 Å². The van der Waals surface area contributed by atoms with Gasteiger partial charge in [-0.15, -0.1) is 11.8 Å².